The molecule has 0 spiro atoms. The minimum atomic E-state index is -1.91. The highest BCUT2D eigenvalue weighted by molar-refractivity contribution is 6.10. The van der Waals surface area contributed by atoms with Crippen LogP contribution in [-0.2, 0) is 21.7 Å². The number of hydrogen-bond donors (Lipinski definition) is 1. The van der Waals surface area contributed by atoms with Gasteiger partial charge in [0.15, 0.2) is 11.4 Å². The van der Waals surface area contributed by atoms with E-state index < -0.39 is 11.5 Å². The highest BCUT2D eigenvalue weighted by Crippen LogP contribution is 2.43. The second-order valence-corrected chi connectivity index (χ2v) is 7.90. The van der Waals surface area contributed by atoms with Gasteiger partial charge in [-0.25, -0.2) is 0 Å². The smallest absolute Gasteiger partial charge is 0.264 e. The van der Waals surface area contributed by atoms with Crippen molar-refractivity contribution in [1.29, 1.82) is 0 Å². The van der Waals surface area contributed by atoms with Gasteiger partial charge in [0, 0.05) is 5.56 Å². The molecule has 0 radical (unpaired) electrons. The lowest BCUT2D eigenvalue weighted by Crippen LogP contribution is -2.41. The Kier molecular flexibility index (Phi) is 4.96. The van der Waals surface area contributed by atoms with Gasteiger partial charge in [-0.1, -0.05) is 60.7 Å². The van der Waals surface area contributed by atoms with Crippen LogP contribution < -0.4 is 4.90 Å². The first-order valence-electron chi connectivity index (χ1n) is 10.4. The Hall–Kier alpha value is -3.96. The number of nitrogens with zero attached hydrogens (tertiary/aromatic N) is 1. The molecular weight excluding hydrogens is 402 g/mol. The minimum Gasteiger partial charge on any atom is -0.465 e. The van der Waals surface area contributed by atoms with E-state index >= 15 is 0 Å². The number of aliphatic hydroxyl groups is 1. The van der Waals surface area contributed by atoms with Crippen LogP contribution in [-0.4, -0.2) is 16.8 Å². The van der Waals surface area contributed by atoms with E-state index in [4.69, 9.17) is 4.42 Å². The third-order valence-corrected chi connectivity index (χ3v) is 5.85. The van der Waals surface area contributed by atoms with Crippen LogP contribution in [0.3, 0.4) is 0 Å². The van der Waals surface area contributed by atoms with Crippen LogP contribution >= 0.6 is 0 Å². The average Bonchev–Trinajstić information content (AvgIpc) is 3.40. The standard InChI is InChI=1S/C27H21NO4/c29-21(14-15-22-10-6-16-32-22)17-27(31)24-12-3-4-13-25(24)28(26(27)30)18-20-9-5-8-19-7-1-2-11-23(19)20/h1-16,31H,17-18H2/b15-14+/t27-/m0/s1. The van der Waals surface area contributed by atoms with Gasteiger partial charge < -0.3 is 14.4 Å². The summed E-state index contributed by atoms with van der Waals surface area (Å²) >= 11 is 0. The normalized spacial score (nSPS) is 17.9. The second-order valence-electron chi connectivity index (χ2n) is 7.90. The molecule has 0 unspecified atom stereocenters. The van der Waals surface area contributed by atoms with E-state index in [-0.39, 0.29) is 12.2 Å². The SMILES string of the molecule is O=C(/C=C/c1ccco1)C[C@@]1(O)C(=O)N(Cc2cccc3ccccc23)c2ccccc21. The molecule has 0 aliphatic carbocycles. The molecule has 2 heterocycles. The maximum absolute atomic E-state index is 13.5. The lowest BCUT2D eigenvalue weighted by Gasteiger charge is -2.23. The quantitative estimate of drug-likeness (QED) is 0.451. The molecule has 0 bridgehead atoms. The summed E-state index contributed by atoms with van der Waals surface area (Å²) in [7, 11) is 0. The van der Waals surface area contributed by atoms with Crippen LogP contribution in [0.25, 0.3) is 16.8 Å². The molecule has 4 aromatic rings. The number of benzene rings is 3. The number of furan rings is 1. The van der Waals surface area contributed by atoms with Crippen molar-refractivity contribution in [2.24, 2.45) is 0 Å². The number of allylic oxidation sites excluding steroid dienone is 1. The third-order valence-electron chi connectivity index (χ3n) is 5.85. The van der Waals surface area contributed by atoms with Crippen molar-refractivity contribution in [2.75, 3.05) is 4.90 Å². The molecule has 1 N–H and O–H groups in total. The molecule has 0 fully saturated rings. The van der Waals surface area contributed by atoms with Crippen LogP contribution in [0, 0.1) is 0 Å². The Morgan fingerprint density at radius 3 is 2.59 bits per heavy atom. The summed E-state index contributed by atoms with van der Waals surface area (Å²) in [6.07, 6.45) is 4.04. The van der Waals surface area contributed by atoms with Gasteiger partial charge in [-0.3, -0.25) is 9.59 Å². The number of anilines is 1. The molecule has 1 amide bonds. The molecule has 1 aromatic heterocycles. The fraction of sp³-hybridized carbons (Fsp3) is 0.111. The first-order chi connectivity index (χ1) is 15.6. The van der Waals surface area contributed by atoms with Crippen molar-refractivity contribution in [3.63, 3.8) is 0 Å². The topological polar surface area (TPSA) is 70.7 Å². The predicted molar refractivity (Wildman–Crippen MR) is 123 cm³/mol. The summed E-state index contributed by atoms with van der Waals surface area (Å²) in [4.78, 5) is 27.7. The zero-order valence-electron chi connectivity index (χ0n) is 17.3. The summed E-state index contributed by atoms with van der Waals surface area (Å²) in [6.45, 7) is 0.302. The Labute approximate surface area is 185 Å². The lowest BCUT2D eigenvalue weighted by atomic mass is 9.90. The van der Waals surface area contributed by atoms with Gasteiger partial charge in [0.25, 0.3) is 5.91 Å². The fourth-order valence-corrected chi connectivity index (χ4v) is 4.31. The zero-order chi connectivity index (χ0) is 22.1. The van der Waals surface area contributed by atoms with Crippen molar-refractivity contribution >= 4 is 34.2 Å². The molecule has 1 aliphatic heterocycles. The van der Waals surface area contributed by atoms with Crippen molar-refractivity contribution < 1.29 is 19.1 Å². The number of amides is 1. The average molecular weight is 423 g/mol. The minimum absolute atomic E-state index is 0.302. The summed E-state index contributed by atoms with van der Waals surface area (Å²) in [5, 5.41) is 13.6. The number of para-hydroxylation sites is 1. The van der Waals surface area contributed by atoms with Crippen molar-refractivity contribution in [3.05, 3.63) is 108 Å². The van der Waals surface area contributed by atoms with Gasteiger partial charge in [0.1, 0.15) is 5.76 Å². The Balaban J connectivity index is 1.47. The van der Waals surface area contributed by atoms with E-state index in [0.29, 0.717) is 23.6 Å². The molecule has 5 nitrogen and oxygen atoms in total. The largest absolute Gasteiger partial charge is 0.465 e. The highest BCUT2D eigenvalue weighted by atomic mass is 16.3. The molecule has 32 heavy (non-hydrogen) atoms. The monoisotopic (exact) mass is 423 g/mol. The number of carbonyl (C=O) groups excluding carboxylic acids is 2. The predicted octanol–water partition coefficient (Wildman–Crippen LogP) is 4.84. The van der Waals surface area contributed by atoms with Crippen LogP contribution in [0.5, 0.6) is 0 Å². The third kappa shape index (κ3) is 3.43. The number of hydrogen-bond acceptors (Lipinski definition) is 4. The van der Waals surface area contributed by atoms with Gasteiger partial charge in [0.05, 0.1) is 24.9 Å². The Morgan fingerprint density at radius 1 is 0.969 bits per heavy atom. The van der Waals surface area contributed by atoms with E-state index in [0.717, 1.165) is 16.3 Å². The second kappa shape index (κ2) is 7.94. The molecule has 158 valence electrons. The maximum atomic E-state index is 13.5. The number of fused-ring (bicyclic) bond motifs is 2. The van der Waals surface area contributed by atoms with Crippen molar-refractivity contribution in [3.8, 4) is 0 Å². The van der Waals surface area contributed by atoms with Crippen LogP contribution in [0.15, 0.2) is 95.6 Å². The highest BCUT2D eigenvalue weighted by Gasteiger charge is 2.50. The fourth-order valence-electron chi connectivity index (χ4n) is 4.31. The van der Waals surface area contributed by atoms with Crippen molar-refractivity contribution in [1.82, 2.24) is 0 Å². The van der Waals surface area contributed by atoms with Crippen LogP contribution in [0.4, 0.5) is 5.69 Å². The van der Waals surface area contributed by atoms with Gasteiger partial charge in [-0.05, 0) is 46.7 Å². The Morgan fingerprint density at radius 2 is 1.75 bits per heavy atom. The van der Waals surface area contributed by atoms with E-state index in [1.54, 1.807) is 35.2 Å². The summed E-state index contributed by atoms with van der Waals surface area (Å²) in [5.41, 5.74) is 0.131. The number of rotatable bonds is 6. The molecule has 1 atom stereocenters. The van der Waals surface area contributed by atoms with Gasteiger partial charge in [-0.2, -0.15) is 0 Å². The summed E-state index contributed by atoms with van der Waals surface area (Å²) < 4.78 is 5.20. The number of ketones is 1. The molecular formula is C27H21NO4. The summed E-state index contributed by atoms with van der Waals surface area (Å²) in [5.74, 6) is -0.327. The van der Waals surface area contributed by atoms with E-state index in [2.05, 4.69) is 0 Å². The lowest BCUT2D eigenvalue weighted by molar-refractivity contribution is -0.140. The number of carbonyl (C=O) groups is 2. The van der Waals surface area contributed by atoms with Crippen LogP contribution in [0.2, 0.25) is 0 Å². The maximum Gasteiger partial charge on any atom is 0.264 e. The molecule has 5 heteroatoms. The van der Waals surface area contributed by atoms with Gasteiger partial charge in [-0.15, -0.1) is 0 Å². The molecule has 1 aliphatic rings. The molecule has 0 saturated carbocycles. The van der Waals surface area contributed by atoms with Gasteiger partial charge in [0.2, 0.25) is 0 Å². The van der Waals surface area contributed by atoms with Crippen LogP contribution in [0.1, 0.15) is 23.3 Å². The Bertz CT molecular complexity index is 1330. The van der Waals surface area contributed by atoms with E-state index in [1.807, 2.05) is 48.5 Å². The van der Waals surface area contributed by atoms with Gasteiger partial charge >= 0.3 is 0 Å². The van der Waals surface area contributed by atoms with E-state index in [1.165, 1.54) is 18.4 Å². The zero-order valence-corrected chi connectivity index (χ0v) is 17.3. The first-order valence-corrected chi connectivity index (χ1v) is 10.4. The van der Waals surface area contributed by atoms with E-state index in [9.17, 15) is 14.7 Å². The molecule has 3 aromatic carbocycles. The molecule has 0 saturated heterocycles. The van der Waals surface area contributed by atoms with Crippen molar-refractivity contribution in [2.45, 2.75) is 18.6 Å². The first kappa shape index (κ1) is 20.0. The summed E-state index contributed by atoms with van der Waals surface area (Å²) in [6, 6.07) is 24.5. The molecule has 5 rings (SSSR count).